The quantitative estimate of drug-likeness (QED) is 0.106. The molecule has 0 saturated carbocycles. The molecule has 3 aliphatic heterocycles. The summed E-state index contributed by atoms with van der Waals surface area (Å²) >= 11 is 12.8. The number of aromatic nitrogens is 1. The van der Waals surface area contributed by atoms with Crippen molar-refractivity contribution in [1.29, 1.82) is 0 Å². The third-order valence-corrected chi connectivity index (χ3v) is 11.4. The van der Waals surface area contributed by atoms with Gasteiger partial charge in [-0.25, -0.2) is 18.0 Å². The zero-order valence-corrected chi connectivity index (χ0v) is 30.7. The minimum absolute atomic E-state index is 0.0419. The zero-order valence-electron chi connectivity index (χ0n) is 28.4. The number of rotatable bonds is 13. The number of nitrogens with zero attached hydrogens (tertiary/aromatic N) is 2. The smallest absolute Gasteiger partial charge is 0.338 e. The molecule has 0 aliphatic carbocycles. The molecule has 3 aliphatic rings. The number of pyridine rings is 1. The van der Waals surface area contributed by atoms with Gasteiger partial charge in [-0.3, -0.25) is 4.90 Å². The largest absolute Gasteiger partial charge is 0.619 e. The number of hydrogen-bond acceptors (Lipinski definition) is 10. The predicted molar refractivity (Wildman–Crippen MR) is 192 cm³/mol. The molecule has 3 saturated heterocycles. The molecule has 0 amide bonds. The molecule has 3 aromatic carbocycles. The Morgan fingerprint density at radius 1 is 0.923 bits per heavy atom. The van der Waals surface area contributed by atoms with Gasteiger partial charge in [0.15, 0.2) is 23.9 Å². The number of esters is 2. The van der Waals surface area contributed by atoms with Crippen molar-refractivity contribution in [3.63, 3.8) is 0 Å². The summed E-state index contributed by atoms with van der Waals surface area (Å²) in [7, 11) is -1.45. The summed E-state index contributed by atoms with van der Waals surface area (Å²) in [6.07, 6.45) is 2.71. The van der Waals surface area contributed by atoms with Gasteiger partial charge in [0, 0.05) is 18.5 Å². The van der Waals surface area contributed by atoms with Crippen LogP contribution in [0.5, 0.6) is 11.5 Å². The van der Waals surface area contributed by atoms with Crippen LogP contribution in [0.15, 0.2) is 90.1 Å². The number of nitrogens with one attached hydrogen (secondary N) is 1. The monoisotopic (exact) mass is 769 g/mol. The Balaban J connectivity index is 1.26. The number of benzene rings is 3. The molecule has 2 bridgehead atoms. The van der Waals surface area contributed by atoms with E-state index in [4.69, 9.17) is 42.1 Å². The molecule has 4 heterocycles. The summed E-state index contributed by atoms with van der Waals surface area (Å²) in [6, 6.07) is 17.4. The summed E-state index contributed by atoms with van der Waals surface area (Å²) in [5.74, 6) is -0.540. The molecular weight excluding hydrogens is 733 g/mol. The molecule has 15 heteroatoms. The highest BCUT2D eigenvalue weighted by Crippen LogP contribution is 2.36. The van der Waals surface area contributed by atoms with Gasteiger partial charge in [0.25, 0.3) is 0 Å². The van der Waals surface area contributed by atoms with E-state index in [1.165, 1.54) is 38.5 Å². The van der Waals surface area contributed by atoms with E-state index in [0.29, 0.717) is 39.5 Å². The molecule has 0 spiro atoms. The summed E-state index contributed by atoms with van der Waals surface area (Å²) in [6.45, 7) is 2.52. The normalized spacial score (nSPS) is 19.3. The van der Waals surface area contributed by atoms with Gasteiger partial charge in [-0.1, -0.05) is 65.7 Å². The predicted octanol–water partition coefficient (Wildman–Crippen LogP) is 5.44. The van der Waals surface area contributed by atoms with Gasteiger partial charge in [0.2, 0.25) is 10.0 Å². The Bertz CT molecular complexity index is 2020. The lowest BCUT2D eigenvalue weighted by Gasteiger charge is -2.44. The van der Waals surface area contributed by atoms with Crippen LogP contribution in [-0.2, 0) is 30.7 Å². The number of hydrogen-bond donors (Lipinski definition) is 1. The number of ether oxygens (including phenoxy) is 4. The van der Waals surface area contributed by atoms with Crippen molar-refractivity contribution in [2.45, 2.75) is 42.4 Å². The summed E-state index contributed by atoms with van der Waals surface area (Å²) in [5.41, 5.74) is 1.16. The highest BCUT2D eigenvalue weighted by Gasteiger charge is 2.39. The Morgan fingerprint density at radius 2 is 1.62 bits per heavy atom. The molecular formula is C37H37Cl2N3O9S. The van der Waals surface area contributed by atoms with Crippen molar-refractivity contribution in [1.82, 2.24) is 9.62 Å². The van der Waals surface area contributed by atoms with Gasteiger partial charge < -0.3 is 24.2 Å². The van der Waals surface area contributed by atoms with Gasteiger partial charge in [-0.05, 0) is 73.3 Å². The van der Waals surface area contributed by atoms with E-state index in [9.17, 15) is 23.2 Å². The summed E-state index contributed by atoms with van der Waals surface area (Å²) in [4.78, 5) is 29.4. The molecule has 1 unspecified atom stereocenters. The fourth-order valence-electron chi connectivity index (χ4n) is 6.56. The third-order valence-electron chi connectivity index (χ3n) is 9.36. The topological polar surface area (TPSA) is 147 Å². The van der Waals surface area contributed by atoms with Crippen LogP contribution in [0.25, 0.3) is 0 Å². The van der Waals surface area contributed by atoms with Crippen molar-refractivity contribution in [2.24, 2.45) is 5.92 Å². The zero-order chi connectivity index (χ0) is 37.0. The molecule has 12 nitrogen and oxygen atoms in total. The van der Waals surface area contributed by atoms with E-state index in [0.717, 1.165) is 38.3 Å². The lowest BCUT2D eigenvalue weighted by molar-refractivity contribution is -0.605. The maximum Gasteiger partial charge on any atom is 0.338 e. The number of sulfonamides is 1. The first-order valence-corrected chi connectivity index (χ1v) is 18.8. The Morgan fingerprint density at radius 3 is 2.25 bits per heavy atom. The van der Waals surface area contributed by atoms with E-state index in [-0.39, 0.29) is 38.9 Å². The molecule has 3 atom stereocenters. The third kappa shape index (κ3) is 8.45. The Labute approximate surface area is 311 Å². The molecule has 0 radical (unpaired) electrons. The molecule has 1 N–H and O–H groups in total. The first-order valence-electron chi connectivity index (χ1n) is 16.6. The van der Waals surface area contributed by atoms with Crippen molar-refractivity contribution < 1.29 is 41.7 Å². The first kappa shape index (κ1) is 37.4. The molecule has 274 valence electrons. The van der Waals surface area contributed by atoms with Gasteiger partial charge in [-0.2, -0.15) is 9.45 Å². The summed E-state index contributed by atoms with van der Waals surface area (Å²) < 4.78 is 53.4. The standard InChI is InChI=1S/C37H37Cl2N3O9S/c1-48-31-12-11-25(18-33(31)49-2)32(19-28-29(38)20-42(45)21-30(28)39)50-36(43)26-9-6-10-27(17-26)52(46,47)40-35(24-7-4-3-5-8-24)37(44)51-34-22-41-15-13-23(34)14-16-41/h3-12,17-18,20-21,23,32,34-35,40H,13-16,19,22H2,1-2H3/t32-,34-,35?/m0/s1. The number of carbonyl (C=O) groups is 2. The van der Waals surface area contributed by atoms with Crippen LogP contribution in [0, 0.1) is 11.1 Å². The van der Waals surface area contributed by atoms with Crippen LogP contribution in [0.1, 0.15) is 52.0 Å². The van der Waals surface area contributed by atoms with E-state index < -0.39 is 34.1 Å². The van der Waals surface area contributed by atoms with Gasteiger partial charge in [0.1, 0.15) is 28.3 Å². The SMILES string of the molecule is COc1ccc([C@H](Cc2c(Cl)c[n+]([O-])cc2Cl)OC(=O)c2cccc(S(=O)(=O)NC(C(=O)O[C@H]3CN4CCC3CC4)c3ccccc3)c2)cc1OC. The molecule has 52 heavy (non-hydrogen) atoms. The minimum atomic E-state index is -4.39. The Kier molecular flexibility index (Phi) is 11.6. The summed E-state index contributed by atoms with van der Waals surface area (Å²) in [5, 5.41) is 12.0. The van der Waals surface area contributed by atoms with E-state index in [1.807, 2.05) is 0 Å². The lowest BCUT2D eigenvalue weighted by Crippen LogP contribution is -2.52. The van der Waals surface area contributed by atoms with Crippen molar-refractivity contribution in [2.75, 3.05) is 33.9 Å². The molecule has 1 aromatic heterocycles. The fraction of sp³-hybridized carbons (Fsp3) is 0.324. The molecule has 3 fully saturated rings. The van der Waals surface area contributed by atoms with Crippen molar-refractivity contribution in [3.05, 3.63) is 123 Å². The maximum absolute atomic E-state index is 13.9. The van der Waals surface area contributed by atoms with Gasteiger partial charge >= 0.3 is 11.9 Å². The highest BCUT2D eigenvalue weighted by molar-refractivity contribution is 7.89. The van der Waals surface area contributed by atoms with Gasteiger partial charge in [-0.15, -0.1) is 0 Å². The van der Waals surface area contributed by atoms with Crippen LogP contribution in [-0.4, -0.2) is 65.2 Å². The second-order valence-electron chi connectivity index (χ2n) is 12.6. The number of fused-ring (bicyclic) bond motifs is 3. The minimum Gasteiger partial charge on any atom is -0.619 e. The van der Waals surface area contributed by atoms with Crippen LogP contribution >= 0.6 is 23.2 Å². The van der Waals surface area contributed by atoms with Crippen molar-refractivity contribution >= 4 is 45.2 Å². The van der Waals surface area contributed by atoms with Gasteiger partial charge in [0.05, 0.1) is 24.7 Å². The maximum atomic E-state index is 13.9. The number of piperidine rings is 3. The first-order chi connectivity index (χ1) is 24.9. The van der Waals surface area contributed by atoms with Crippen LogP contribution in [0.3, 0.4) is 0 Å². The highest BCUT2D eigenvalue weighted by atomic mass is 35.5. The van der Waals surface area contributed by atoms with Crippen molar-refractivity contribution in [3.8, 4) is 11.5 Å². The fourth-order valence-corrected chi connectivity index (χ4v) is 8.38. The Hall–Kier alpha value is -4.40. The van der Waals surface area contributed by atoms with Crippen LogP contribution in [0.2, 0.25) is 10.0 Å². The average Bonchev–Trinajstić information content (AvgIpc) is 3.15. The lowest BCUT2D eigenvalue weighted by atomic mass is 9.86. The van der Waals surface area contributed by atoms with E-state index in [2.05, 4.69) is 9.62 Å². The number of methoxy groups -OCH3 is 2. The van der Waals surface area contributed by atoms with E-state index in [1.54, 1.807) is 48.5 Å². The van der Waals surface area contributed by atoms with E-state index >= 15 is 0 Å². The van der Waals surface area contributed by atoms with Crippen LogP contribution < -0.4 is 18.9 Å². The second-order valence-corrected chi connectivity index (χ2v) is 15.1. The van der Waals surface area contributed by atoms with Crippen LogP contribution in [0.4, 0.5) is 0 Å². The number of halogens is 2. The second kappa shape index (κ2) is 16.1. The molecule has 4 aromatic rings. The molecule has 7 rings (SSSR count). The number of carbonyl (C=O) groups excluding carboxylic acids is 2. The average molecular weight is 771 g/mol.